The Balaban J connectivity index is 1.39. The van der Waals surface area contributed by atoms with Crippen LogP contribution in [0.2, 0.25) is 0 Å². The van der Waals surface area contributed by atoms with E-state index in [4.69, 9.17) is 5.10 Å². The van der Waals surface area contributed by atoms with Crippen molar-refractivity contribution in [1.82, 2.24) is 9.78 Å². The number of hydrogen-bond acceptors (Lipinski definition) is 4. The predicted octanol–water partition coefficient (Wildman–Crippen LogP) is 3.92. The third kappa shape index (κ3) is 3.39. The fourth-order valence-electron chi connectivity index (χ4n) is 4.04. The summed E-state index contributed by atoms with van der Waals surface area (Å²) in [6.07, 6.45) is 0.218. The van der Waals surface area contributed by atoms with Crippen LogP contribution in [-0.4, -0.2) is 28.1 Å². The maximum absolute atomic E-state index is 13.1. The number of rotatable bonds is 4. The molecule has 0 radical (unpaired) electrons. The number of thioether (sulfide) groups is 1. The van der Waals surface area contributed by atoms with Crippen molar-refractivity contribution in [1.29, 1.82) is 0 Å². The van der Waals surface area contributed by atoms with Crippen LogP contribution in [0, 0.1) is 12.8 Å². The number of nitrogens with one attached hydrogen (secondary N) is 1. The van der Waals surface area contributed by atoms with Crippen molar-refractivity contribution < 1.29 is 9.59 Å². The molecule has 0 unspecified atom stereocenters. The standard InChI is InChI=1S/C23H22N4O2S/c1-15-6-5-9-18(10-15)26-12-16(11-21(26)28)23(29)24-22-19-13-30-14-20(19)25-27(22)17-7-3-2-4-8-17/h2-10,16H,11-14H2,1H3,(H,24,29)/t16-/m1/s1. The van der Waals surface area contributed by atoms with Gasteiger partial charge in [-0.1, -0.05) is 30.3 Å². The molecule has 2 aliphatic heterocycles. The van der Waals surface area contributed by atoms with Crippen molar-refractivity contribution in [2.45, 2.75) is 24.9 Å². The van der Waals surface area contributed by atoms with Crippen LogP contribution in [0.5, 0.6) is 0 Å². The highest BCUT2D eigenvalue weighted by molar-refractivity contribution is 7.98. The number of para-hydroxylation sites is 1. The lowest BCUT2D eigenvalue weighted by Gasteiger charge is -2.17. The number of carbonyl (C=O) groups is 2. The molecule has 1 N–H and O–H groups in total. The summed E-state index contributed by atoms with van der Waals surface area (Å²) in [4.78, 5) is 27.5. The van der Waals surface area contributed by atoms with Gasteiger partial charge >= 0.3 is 0 Å². The summed E-state index contributed by atoms with van der Waals surface area (Å²) >= 11 is 1.80. The number of hydrogen-bond donors (Lipinski definition) is 1. The van der Waals surface area contributed by atoms with E-state index in [-0.39, 0.29) is 24.2 Å². The van der Waals surface area contributed by atoms with E-state index < -0.39 is 0 Å². The van der Waals surface area contributed by atoms with Gasteiger partial charge in [0.05, 0.1) is 17.3 Å². The molecule has 1 saturated heterocycles. The number of fused-ring (bicyclic) bond motifs is 1. The number of carbonyl (C=O) groups excluding carboxylic acids is 2. The zero-order valence-corrected chi connectivity index (χ0v) is 17.5. The highest BCUT2D eigenvalue weighted by Gasteiger charge is 2.36. The summed E-state index contributed by atoms with van der Waals surface area (Å²) in [6, 6.07) is 17.6. The van der Waals surface area contributed by atoms with Gasteiger partial charge < -0.3 is 10.2 Å². The first-order valence-corrected chi connectivity index (χ1v) is 11.2. The van der Waals surface area contributed by atoms with E-state index in [1.165, 1.54) is 0 Å². The van der Waals surface area contributed by atoms with E-state index in [2.05, 4.69) is 5.32 Å². The van der Waals surface area contributed by atoms with E-state index in [1.54, 1.807) is 16.7 Å². The van der Waals surface area contributed by atoms with E-state index >= 15 is 0 Å². The minimum absolute atomic E-state index is 0.0156. The molecule has 6 nitrogen and oxygen atoms in total. The van der Waals surface area contributed by atoms with Crippen LogP contribution >= 0.6 is 11.8 Å². The van der Waals surface area contributed by atoms with E-state index in [0.717, 1.165) is 45.5 Å². The molecule has 152 valence electrons. The van der Waals surface area contributed by atoms with Crippen LogP contribution in [0.4, 0.5) is 11.5 Å². The Morgan fingerprint density at radius 3 is 2.70 bits per heavy atom. The predicted molar refractivity (Wildman–Crippen MR) is 119 cm³/mol. The van der Waals surface area contributed by atoms with E-state index in [0.29, 0.717) is 6.54 Å². The molecule has 2 aromatic carbocycles. The van der Waals surface area contributed by atoms with E-state index in [9.17, 15) is 9.59 Å². The summed E-state index contributed by atoms with van der Waals surface area (Å²) in [5, 5.41) is 7.84. The van der Waals surface area contributed by atoms with Crippen LogP contribution < -0.4 is 10.2 Å². The lowest BCUT2D eigenvalue weighted by atomic mass is 10.1. The third-order valence-electron chi connectivity index (χ3n) is 5.60. The smallest absolute Gasteiger partial charge is 0.230 e. The number of aromatic nitrogens is 2. The first-order chi connectivity index (χ1) is 14.6. The average molecular weight is 419 g/mol. The topological polar surface area (TPSA) is 67.2 Å². The molecule has 0 spiro atoms. The highest BCUT2D eigenvalue weighted by Crippen LogP contribution is 2.36. The van der Waals surface area contributed by atoms with Crippen molar-refractivity contribution in [2.24, 2.45) is 5.92 Å². The molecule has 2 aliphatic rings. The zero-order chi connectivity index (χ0) is 20.7. The fourth-order valence-corrected chi connectivity index (χ4v) is 5.08. The SMILES string of the molecule is Cc1cccc(N2C[C@H](C(=O)Nc3c4c(nn3-c3ccccc3)CSC4)CC2=O)c1. The lowest BCUT2D eigenvalue weighted by molar-refractivity contribution is -0.122. The largest absolute Gasteiger partial charge is 0.312 e. The van der Waals surface area contributed by atoms with Crippen molar-refractivity contribution in [3.63, 3.8) is 0 Å². The van der Waals surface area contributed by atoms with Gasteiger partial charge in [0.25, 0.3) is 0 Å². The quantitative estimate of drug-likeness (QED) is 0.697. The van der Waals surface area contributed by atoms with Crippen LogP contribution in [0.15, 0.2) is 54.6 Å². The molecule has 30 heavy (non-hydrogen) atoms. The molecule has 0 bridgehead atoms. The number of amides is 2. The number of aryl methyl sites for hydroxylation is 1. The Bertz CT molecular complexity index is 1130. The molecule has 2 amide bonds. The molecule has 1 aromatic heterocycles. The molecular weight excluding hydrogens is 396 g/mol. The van der Waals surface area contributed by atoms with Crippen LogP contribution in [0.25, 0.3) is 5.69 Å². The second kappa shape index (κ2) is 7.65. The first kappa shape index (κ1) is 18.9. The van der Waals surface area contributed by atoms with Crippen molar-refractivity contribution in [2.75, 3.05) is 16.8 Å². The second-order valence-electron chi connectivity index (χ2n) is 7.75. The van der Waals surface area contributed by atoms with Crippen molar-refractivity contribution in [3.05, 3.63) is 71.4 Å². The Labute approximate surface area is 179 Å². The Hall–Kier alpha value is -3.06. The maximum Gasteiger partial charge on any atom is 0.230 e. The molecule has 1 fully saturated rings. The van der Waals surface area contributed by atoms with Gasteiger partial charge in [-0.15, -0.1) is 0 Å². The van der Waals surface area contributed by atoms with Gasteiger partial charge in [-0.2, -0.15) is 16.9 Å². The van der Waals surface area contributed by atoms with Gasteiger partial charge in [0.15, 0.2) is 0 Å². The third-order valence-corrected chi connectivity index (χ3v) is 6.57. The first-order valence-electron chi connectivity index (χ1n) is 10.0. The highest BCUT2D eigenvalue weighted by atomic mass is 32.2. The second-order valence-corrected chi connectivity index (χ2v) is 8.73. The minimum Gasteiger partial charge on any atom is -0.312 e. The molecule has 0 saturated carbocycles. The monoisotopic (exact) mass is 418 g/mol. The van der Waals surface area contributed by atoms with Crippen LogP contribution in [-0.2, 0) is 21.1 Å². The molecule has 3 aromatic rings. The summed E-state index contributed by atoms with van der Waals surface area (Å²) in [5.74, 6) is 1.88. The van der Waals surface area contributed by atoms with Crippen LogP contribution in [0.3, 0.4) is 0 Å². The maximum atomic E-state index is 13.1. The van der Waals surface area contributed by atoms with Gasteiger partial charge in [0.2, 0.25) is 11.8 Å². The molecule has 7 heteroatoms. The van der Waals surface area contributed by atoms with Crippen LogP contribution in [0.1, 0.15) is 23.2 Å². The Kier molecular flexibility index (Phi) is 4.83. The summed E-state index contributed by atoms with van der Waals surface area (Å²) in [5.41, 5.74) is 4.95. The number of benzene rings is 2. The van der Waals surface area contributed by atoms with Gasteiger partial charge in [0, 0.05) is 35.7 Å². The minimum atomic E-state index is -0.387. The normalized spacial score (nSPS) is 18.0. The van der Waals surface area contributed by atoms with Gasteiger partial charge in [-0.3, -0.25) is 9.59 Å². The lowest BCUT2D eigenvalue weighted by Crippen LogP contribution is -2.29. The summed E-state index contributed by atoms with van der Waals surface area (Å²) in [7, 11) is 0. The van der Waals surface area contributed by atoms with Gasteiger partial charge in [-0.25, -0.2) is 4.68 Å². The molecular formula is C23H22N4O2S. The number of anilines is 2. The summed E-state index contributed by atoms with van der Waals surface area (Å²) in [6.45, 7) is 2.39. The average Bonchev–Trinajstić information content (AvgIpc) is 3.44. The van der Waals surface area contributed by atoms with Crippen molar-refractivity contribution >= 4 is 35.1 Å². The van der Waals surface area contributed by atoms with Gasteiger partial charge in [0.1, 0.15) is 5.82 Å². The Morgan fingerprint density at radius 1 is 1.10 bits per heavy atom. The molecule has 0 aliphatic carbocycles. The molecule has 5 rings (SSSR count). The zero-order valence-electron chi connectivity index (χ0n) is 16.7. The number of nitrogens with zero attached hydrogens (tertiary/aromatic N) is 3. The Morgan fingerprint density at radius 2 is 1.90 bits per heavy atom. The van der Waals surface area contributed by atoms with Gasteiger partial charge in [-0.05, 0) is 36.8 Å². The van der Waals surface area contributed by atoms with E-state index in [1.807, 2.05) is 66.2 Å². The molecule has 3 heterocycles. The molecule has 1 atom stereocenters. The van der Waals surface area contributed by atoms with Crippen molar-refractivity contribution in [3.8, 4) is 5.69 Å². The fraction of sp³-hybridized carbons (Fsp3) is 0.261. The summed E-state index contributed by atoms with van der Waals surface area (Å²) < 4.78 is 1.82.